The van der Waals surface area contributed by atoms with Crippen LogP contribution in [0.15, 0.2) is 77.3 Å². The van der Waals surface area contributed by atoms with Crippen molar-refractivity contribution in [2.75, 3.05) is 6.54 Å². The fourth-order valence-electron chi connectivity index (χ4n) is 4.13. The first kappa shape index (κ1) is 22.6. The predicted octanol–water partition coefficient (Wildman–Crippen LogP) is 4.37. The minimum absolute atomic E-state index is 0.232. The van der Waals surface area contributed by atoms with Crippen molar-refractivity contribution in [2.24, 2.45) is 0 Å². The van der Waals surface area contributed by atoms with E-state index in [1.807, 2.05) is 29.2 Å². The van der Waals surface area contributed by atoms with Gasteiger partial charge in [0, 0.05) is 30.0 Å². The molecule has 3 aromatic carbocycles. The Balaban J connectivity index is 1.54. The van der Waals surface area contributed by atoms with E-state index in [2.05, 4.69) is 21.2 Å². The molecule has 3 aromatic rings. The number of carbonyl (C=O) groups is 1. The average molecular weight is 501 g/mol. The number of nitrogens with one attached hydrogen (secondary N) is 1. The topological polar surface area (TPSA) is 52.6 Å². The van der Waals surface area contributed by atoms with Gasteiger partial charge in [-0.3, -0.25) is 9.69 Å². The van der Waals surface area contributed by atoms with Gasteiger partial charge >= 0.3 is 0 Å². The minimum atomic E-state index is -0.955. The molecule has 1 aliphatic heterocycles. The highest BCUT2D eigenvalue weighted by Gasteiger charge is 2.45. The van der Waals surface area contributed by atoms with Crippen LogP contribution in [0.5, 0.6) is 0 Å². The molecular formula is C25H23BrF2N2O2. The number of aliphatic hydroxyl groups is 1. The van der Waals surface area contributed by atoms with Gasteiger partial charge in [-0.05, 0) is 53.1 Å². The van der Waals surface area contributed by atoms with Crippen LogP contribution in [0, 0.1) is 11.6 Å². The lowest BCUT2D eigenvalue weighted by atomic mass is 9.93. The summed E-state index contributed by atoms with van der Waals surface area (Å²) in [5.41, 5.74) is 2.56. The Kier molecular flexibility index (Phi) is 6.98. The molecule has 2 N–H and O–H groups in total. The van der Waals surface area contributed by atoms with Crippen LogP contribution in [-0.2, 0) is 17.9 Å². The lowest BCUT2D eigenvalue weighted by molar-refractivity contribution is -0.128. The Labute approximate surface area is 194 Å². The first-order valence-electron chi connectivity index (χ1n) is 10.3. The van der Waals surface area contributed by atoms with E-state index < -0.39 is 12.1 Å². The van der Waals surface area contributed by atoms with E-state index in [-0.39, 0.29) is 30.0 Å². The van der Waals surface area contributed by atoms with Crippen LogP contribution in [0.3, 0.4) is 0 Å². The van der Waals surface area contributed by atoms with Crippen LogP contribution in [0.25, 0.3) is 0 Å². The Hall–Kier alpha value is -2.61. The van der Waals surface area contributed by atoms with Gasteiger partial charge in [-0.25, -0.2) is 8.78 Å². The second kappa shape index (κ2) is 9.90. The van der Waals surface area contributed by atoms with Gasteiger partial charge in [0.15, 0.2) is 0 Å². The van der Waals surface area contributed by atoms with Gasteiger partial charge in [0.05, 0.1) is 6.10 Å². The first-order chi connectivity index (χ1) is 15.4. The second-order valence-electron chi connectivity index (χ2n) is 7.99. The SMILES string of the molecule is O=C(NCc1ccc(F)cc1)[C@@H]1[C@H](O)[C@@H](c2ccc(F)cc2)CN1Cc1ccc(Br)cc1. The maximum absolute atomic E-state index is 13.4. The van der Waals surface area contributed by atoms with Crippen LogP contribution in [0.4, 0.5) is 8.78 Å². The van der Waals surface area contributed by atoms with Gasteiger partial charge in [0.1, 0.15) is 17.7 Å². The summed E-state index contributed by atoms with van der Waals surface area (Å²) in [5.74, 6) is -1.31. The van der Waals surface area contributed by atoms with Crippen LogP contribution in [0.2, 0.25) is 0 Å². The number of carbonyl (C=O) groups excluding carboxylic acids is 1. The molecule has 166 valence electrons. The minimum Gasteiger partial charge on any atom is -0.390 e. The molecule has 0 spiro atoms. The average Bonchev–Trinajstić information content (AvgIpc) is 3.11. The van der Waals surface area contributed by atoms with E-state index in [4.69, 9.17) is 0 Å². The monoisotopic (exact) mass is 500 g/mol. The maximum atomic E-state index is 13.4. The Morgan fingerprint density at radius 1 is 0.938 bits per heavy atom. The van der Waals surface area contributed by atoms with Crippen molar-refractivity contribution in [1.29, 1.82) is 0 Å². The largest absolute Gasteiger partial charge is 0.390 e. The summed E-state index contributed by atoms with van der Waals surface area (Å²) in [5, 5.41) is 14.0. The Morgan fingerprint density at radius 3 is 2.12 bits per heavy atom. The van der Waals surface area contributed by atoms with E-state index in [1.165, 1.54) is 24.3 Å². The summed E-state index contributed by atoms with van der Waals surface area (Å²) in [7, 11) is 0. The molecule has 0 saturated carbocycles. The smallest absolute Gasteiger partial charge is 0.240 e. The molecule has 32 heavy (non-hydrogen) atoms. The van der Waals surface area contributed by atoms with E-state index in [1.54, 1.807) is 24.3 Å². The summed E-state index contributed by atoms with van der Waals surface area (Å²) in [4.78, 5) is 15.1. The Morgan fingerprint density at radius 2 is 1.50 bits per heavy atom. The number of hydrogen-bond acceptors (Lipinski definition) is 3. The quantitative estimate of drug-likeness (QED) is 0.528. The molecule has 4 nitrogen and oxygen atoms in total. The zero-order valence-electron chi connectivity index (χ0n) is 17.2. The number of likely N-dealkylation sites (tertiary alicyclic amines) is 1. The van der Waals surface area contributed by atoms with Crippen molar-refractivity contribution in [3.05, 3.63) is 106 Å². The van der Waals surface area contributed by atoms with Gasteiger partial charge < -0.3 is 10.4 Å². The summed E-state index contributed by atoms with van der Waals surface area (Å²) < 4.78 is 27.5. The van der Waals surface area contributed by atoms with Crippen LogP contribution >= 0.6 is 15.9 Å². The Bertz CT molecular complexity index is 1060. The summed E-state index contributed by atoms with van der Waals surface area (Å²) in [6.07, 6.45) is -0.955. The fraction of sp³-hybridized carbons (Fsp3) is 0.240. The highest BCUT2D eigenvalue weighted by Crippen LogP contribution is 2.34. The van der Waals surface area contributed by atoms with Gasteiger partial charge in [-0.2, -0.15) is 0 Å². The van der Waals surface area contributed by atoms with Crippen molar-refractivity contribution in [2.45, 2.75) is 31.2 Å². The zero-order chi connectivity index (χ0) is 22.7. The summed E-state index contributed by atoms with van der Waals surface area (Å²) in [6.45, 7) is 1.17. The van der Waals surface area contributed by atoms with Crippen molar-refractivity contribution in [3.63, 3.8) is 0 Å². The van der Waals surface area contributed by atoms with Crippen molar-refractivity contribution < 1.29 is 18.7 Å². The maximum Gasteiger partial charge on any atom is 0.240 e. The highest BCUT2D eigenvalue weighted by atomic mass is 79.9. The molecule has 0 aliphatic carbocycles. The van der Waals surface area contributed by atoms with E-state index in [0.29, 0.717) is 13.1 Å². The normalized spacial score (nSPS) is 20.9. The lowest BCUT2D eigenvalue weighted by Crippen LogP contribution is -2.47. The number of aliphatic hydroxyl groups excluding tert-OH is 1. The molecule has 4 rings (SSSR count). The van der Waals surface area contributed by atoms with E-state index >= 15 is 0 Å². The zero-order valence-corrected chi connectivity index (χ0v) is 18.8. The fourth-order valence-corrected chi connectivity index (χ4v) is 4.39. The highest BCUT2D eigenvalue weighted by molar-refractivity contribution is 9.10. The predicted molar refractivity (Wildman–Crippen MR) is 122 cm³/mol. The number of halogens is 3. The molecule has 7 heteroatoms. The first-order valence-corrected chi connectivity index (χ1v) is 11.1. The van der Waals surface area contributed by atoms with Crippen molar-refractivity contribution in [3.8, 4) is 0 Å². The molecular weight excluding hydrogens is 478 g/mol. The molecule has 1 aliphatic rings. The van der Waals surface area contributed by atoms with Crippen molar-refractivity contribution in [1.82, 2.24) is 10.2 Å². The summed E-state index contributed by atoms with van der Waals surface area (Å²) in [6, 6.07) is 19.0. The lowest BCUT2D eigenvalue weighted by Gasteiger charge is -2.25. The number of hydrogen-bond donors (Lipinski definition) is 2. The molecule has 1 amide bonds. The van der Waals surface area contributed by atoms with Crippen LogP contribution in [-0.4, -0.2) is 34.6 Å². The third-order valence-electron chi connectivity index (χ3n) is 5.81. The molecule has 1 heterocycles. The van der Waals surface area contributed by atoms with Crippen LogP contribution in [0.1, 0.15) is 22.6 Å². The van der Waals surface area contributed by atoms with Gasteiger partial charge in [0.25, 0.3) is 0 Å². The molecule has 0 bridgehead atoms. The standard InChI is InChI=1S/C25H23BrF2N2O2/c26-19-7-1-17(2-8-19)14-30-15-22(18-5-11-21(28)12-6-18)24(31)23(30)25(32)29-13-16-3-9-20(27)10-4-16/h1-12,22-24,31H,13-15H2,(H,29,32)/t22-,23+,24-/m1/s1. The van der Waals surface area contributed by atoms with Crippen LogP contribution < -0.4 is 5.32 Å². The number of benzene rings is 3. The number of rotatable bonds is 6. The van der Waals surface area contributed by atoms with Crippen molar-refractivity contribution >= 4 is 21.8 Å². The molecule has 0 unspecified atom stereocenters. The van der Waals surface area contributed by atoms with E-state index in [0.717, 1.165) is 21.2 Å². The van der Waals surface area contributed by atoms with Gasteiger partial charge in [0.2, 0.25) is 5.91 Å². The number of amides is 1. The van der Waals surface area contributed by atoms with E-state index in [9.17, 15) is 18.7 Å². The van der Waals surface area contributed by atoms with Gasteiger partial charge in [-0.1, -0.05) is 52.3 Å². The molecule has 0 aromatic heterocycles. The third kappa shape index (κ3) is 5.23. The molecule has 3 atom stereocenters. The third-order valence-corrected chi connectivity index (χ3v) is 6.33. The molecule has 0 radical (unpaired) electrons. The molecule has 1 saturated heterocycles. The number of nitrogens with zero attached hydrogens (tertiary/aromatic N) is 1. The second-order valence-corrected chi connectivity index (χ2v) is 8.91. The van der Waals surface area contributed by atoms with Gasteiger partial charge in [-0.15, -0.1) is 0 Å². The molecule has 1 fully saturated rings. The summed E-state index contributed by atoms with van der Waals surface area (Å²) >= 11 is 3.42.